The van der Waals surface area contributed by atoms with E-state index in [0.29, 0.717) is 0 Å². The maximum absolute atomic E-state index is 10.1. The van der Waals surface area contributed by atoms with Crippen molar-refractivity contribution in [1.29, 1.82) is 0 Å². The zero-order valence-electron chi connectivity index (χ0n) is 11.0. The second kappa shape index (κ2) is 6.05. The molecule has 0 aromatic rings. The molecule has 0 fully saturated rings. The second-order valence-electron chi connectivity index (χ2n) is 5.06. The van der Waals surface area contributed by atoms with Gasteiger partial charge in [-0.05, 0) is 59.0 Å². The van der Waals surface area contributed by atoms with Crippen LogP contribution < -0.4 is 0 Å². The Kier molecular flexibility index (Phi) is 5.01. The minimum Gasteiger partial charge on any atom is -0.388 e. The summed E-state index contributed by atoms with van der Waals surface area (Å²) < 4.78 is 0. The van der Waals surface area contributed by atoms with Crippen molar-refractivity contribution in [2.75, 3.05) is 0 Å². The van der Waals surface area contributed by atoms with Crippen LogP contribution in [0.2, 0.25) is 0 Å². The average Bonchev–Trinajstić information content (AvgIpc) is 2.22. The number of aliphatic hydroxyl groups is 1. The fourth-order valence-electron chi connectivity index (χ4n) is 1.95. The molecule has 0 spiro atoms. The maximum atomic E-state index is 10.1. The normalized spacial score (nSPS) is 30.1. The minimum absolute atomic E-state index is 0.295. The lowest BCUT2D eigenvalue weighted by Gasteiger charge is -2.17. The summed E-state index contributed by atoms with van der Waals surface area (Å²) >= 11 is 0. The van der Waals surface area contributed by atoms with E-state index in [-0.39, 0.29) is 6.10 Å². The van der Waals surface area contributed by atoms with Gasteiger partial charge >= 0.3 is 0 Å². The van der Waals surface area contributed by atoms with Crippen molar-refractivity contribution in [3.8, 4) is 0 Å². The third-order valence-corrected chi connectivity index (χ3v) is 3.37. The molecule has 0 radical (unpaired) electrons. The molecular formula is C15H24O. The molecule has 0 saturated carbocycles. The first kappa shape index (κ1) is 13.2. The van der Waals surface area contributed by atoms with E-state index < -0.39 is 0 Å². The van der Waals surface area contributed by atoms with Crippen molar-refractivity contribution in [2.24, 2.45) is 0 Å². The van der Waals surface area contributed by atoms with Gasteiger partial charge in [-0.25, -0.2) is 0 Å². The quantitative estimate of drug-likeness (QED) is 0.608. The molecule has 1 N–H and O–H groups in total. The molecule has 0 aliphatic heterocycles. The maximum Gasteiger partial charge on any atom is 0.0784 e. The van der Waals surface area contributed by atoms with E-state index in [9.17, 15) is 5.11 Å². The molecule has 1 rings (SSSR count). The summed E-state index contributed by atoms with van der Waals surface area (Å²) in [5.74, 6) is 0. The van der Waals surface area contributed by atoms with Gasteiger partial charge in [0, 0.05) is 0 Å². The van der Waals surface area contributed by atoms with Gasteiger partial charge in [0.25, 0.3) is 0 Å². The zero-order chi connectivity index (χ0) is 12.1. The Balaban J connectivity index is 2.92. The highest BCUT2D eigenvalue weighted by Gasteiger charge is 2.11. The van der Waals surface area contributed by atoms with Crippen molar-refractivity contribution < 1.29 is 5.11 Å². The first-order valence-electron chi connectivity index (χ1n) is 6.16. The van der Waals surface area contributed by atoms with Gasteiger partial charge in [-0.2, -0.15) is 0 Å². The van der Waals surface area contributed by atoms with Gasteiger partial charge < -0.3 is 5.11 Å². The van der Waals surface area contributed by atoms with E-state index in [1.54, 1.807) is 0 Å². The highest BCUT2D eigenvalue weighted by molar-refractivity contribution is 5.21. The molecule has 1 aliphatic rings. The molecule has 0 unspecified atom stereocenters. The number of hydrogen-bond acceptors (Lipinski definition) is 1. The molecule has 0 amide bonds. The summed E-state index contributed by atoms with van der Waals surface area (Å²) in [5.41, 5.74) is 5.30. The summed E-state index contributed by atoms with van der Waals surface area (Å²) in [6.07, 6.45) is 8.14. The Morgan fingerprint density at radius 1 is 1.25 bits per heavy atom. The van der Waals surface area contributed by atoms with Crippen LogP contribution in [0.1, 0.15) is 53.4 Å². The summed E-state index contributed by atoms with van der Waals surface area (Å²) in [4.78, 5) is 0. The predicted molar refractivity (Wildman–Crippen MR) is 70.4 cm³/mol. The van der Waals surface area contributed by atoms with E-state index in [1.807, 2.05) is 6.92 Å². The molecule has 0 aromatic carbocycles. The van der Waals surface area contributed by atoms with E-state index in [2.05, 4.69) is 32.9 Å². The monoisotopic (exact) mass is 220 g/mol. The number of hydrogen-bond donors (Lipinski definition) is 1. The third-order valence-electron chi connectivity index (χ3n) is 3.37. The Labute approximate surface area is 99.6 Å². The molecule has 0 aromatic heterocycles. The fourth-order valence-corrected chi connectivity index (χ4v) is 1.95. The Morgan fingerprint density at radius 2 is 1.94 bits per heavy atom. The fraction of sp³-hybridized carbons (Fsp3) is 0.600. The van der Waals surface area contributed by atoms with Crippen LogP contribution in [0.5, 0.6) is 0 Å². The molecule has 0 saturated heterocycles. The lowest BCUT2D eigenvalue weighted by molar-refractivity contribution is 0.209. The first-order valence-corrected chi connectivity index (χ1v) is 6.16. The molecule has 0 bridgehead atoms. The summed E-state index contributed by atoms with van der Waals surface area (Å²) in [5, 5.41) is 10.1. The Morgan fingerprint density at radius 3 is 2.56 bits per heavy atom. The highest BCUT2D eigenvalue weighted by atomic mass is 16.3. The SMILES string of the molecule is CC(C)=C1C/C=C(\C)CC/C=C(\C)[C@H](O)C1. The minimum atomic E-state index is -0.295. The van der Waals surface area contributed by atoms with Gasteiger partial charge in [-0.3, -0.25) is 0 Å². The topological polar surface area (TPSA) is 20.2 Å². The van der Waals surface area contributed by atoms with E-state index in [4.69, 9.17) is 0 Å². The third kappa shape index (κ3) is 3.97. The van der Waals surface area contributed by atoms with Crippen molar-refractivity contribution in [3.63, 3.8) is 0 Å². The predicted octanol–water partition coefficient (Wildman–Crippen LogP) is 4.15. The van der Waals surface area contributed by atoms with Crippen LogP contribution in [-0.4, -0.2) is 11.2 Å². The summed E-state index contributed by atoms with van der Waals surface area (Å²) in [6, 6.07) is 0. The van der Waals surface area contributed by atoms with E-state index in [0.717, 1.165) is 31.3 Å². The number of allylic oxidation sites excluding steroid dienone is 4. The average molecular weight is 220 g/mol. The molecule has 0 heterocycles. The largest absolute Gasteiger partial charge is 0.388 e. The number of rotatable bonds is 0. The second-order valence-corrected chi connectivity index (χ2v) is 5.06. The van der Waals surface area contributed by atoms with Gasteiger partial charge in [-0.15, -0.1) is 0 Å². The Hall–Kier alpha value is -0.820. The van der Waals surface area contributed by atoms with Crippen molar-refractivity contribution >= 4 is 0 Å². The molecule has 90 valence electrons. The van der Waals surface area contributed by atoms with Gasteiger partial charge in [0.15, 0.2) is 0 Å². The van der Waals surface area contributed by atoms with Crippen LogP contribution in [0.25, 0.3) is 0 Å². The van der Waals surface area contributed by atoms with Crippen LogP contribution in [0.4, 0.5) is 0 Å². The molecule has 1 nitrogen and oxygen atoms in total. The number of aliphatic hydroxyl groups excluding tert-OH is 1. The standard InChI is InChI=1S/C15H24O/c1-11(2)14-9-8-12(3)6-5-7-13(4)15(16)10-14/h7-8,15-16H,5-6,9-10H2,1-4H3/b12-8+,13-7+/t15-/m1/s1. The van der Waals surface area contributed by atoms with Crippen molar-refractivity contribution in [1.82, 2.24) is 0 Å². The summed E-state index contributed by atoms with van der Waals surface area (Å²) in [7, 11) is 0. The van der Waals surface area contributed by atoms with Gasteiger partial charge in [-0.1, -0.05) is 28.9 Å². The summed E-state index contributed by atoms with van der Waals surface area (Å²) in [6.45, 7) is 8.50. The molecule has 16 heavy (non-hydrogen) atoms. The molecule has 1 atom stereocenters. The van der Waals surface area contributed by atoms with Gasteiger partial charge in [0.1, 0.15) is 0 Å². The van der Waals surface area contributed by atoms with Crippen molar-refractivity contribution in [2.45, 2.75) is 59.5 Å². The zero-order valence-corrected chi connectivity index (χ0v) is 11.0. The van der Waals surface area contributed by atoms with Crippen molar-refractivity contribution in [3.05, 3.63) is 34.4 Å². The van der Waals surface area contributed by atoms with Crippen LogP contribution in [0, 0.1) is 0 Å². The molecule has 1 heteroatoms. The molecular weight excluding hydrogens is 196 g/mol. The smallest absolute Gasteiger partial charge is 0.0784 e. The van der Waals surface area contributed by atoms with E-state index in [1.165, 1.54) is 16.7 Å². The molecule has 1 aliphatic carbocycles. The highest BCUT2D eigenvalue weighted by Crippen LogP contribution is 2.23. The Bertz CT molecular complexity index is 327. The van der Waals surface area contributed by atoms with Crippen LogP contribution >= 0.6 is 0 Å². The van der Waals surface area contributed by atoms with Gasteiger partial charge in [0.05, 0.1) is 6.10 Å². The lowest BCUT2D eigenvalue weighted by Crippen LogP contribution is -2.10. The van der Waals surface area contributed by atoms with Crippen LogP contribution in [0.3, 0.4) is 0 Å². The van der Waals surface area contributed by atoms with Gasteiger partial charge in [0.2, 0.25) is 0 Å². The van der Waals surface area contributed by atoms with E-state index >= 15 is 0 Å². The lowest BCUT2D eigenvalue weighted by atomic mass is 9.93. The van der Waals surface area contributed by atoms with Crippen LogP contribution in [-0.2, 0) is 0 Å². The first-order chi connectivity index (χ1) is 7.50. The van der Waals surface area contributed by atoms with Crippen LogP contribution in [0.15, 0.2) is 34.4 Å².